The molecule has 0 fully saturated rings. The quantitative estimate of drug-likeness (QED) is 0.586. The molecule has 0 saturated heterocycles. The van der Waals surface area contributed by atoms with Crippen LogP contribution < -0.4 is 15.4 Å². The summed E-state index contributed by atoms with van der Waals surface area (Å²) in [4.78, 5) is 36.3. The van der Waals surface area contributed by atoms with Crippen molar-refractivity contribution in [1.82, 2.24) is 10.6 Å². The fourth-order valence-electron chi connectivity index (χ4n) is 2.57. The second-order valence-corrected chi connectivity index (χ2v) is 6.15. The topological polar surface area (TPSA) is 123 Å². The summed E-state index contributed by atoms with van der Waals surface area (Å²) in [5.74, 6) is -1.65. The first-order valence-corrected chi connectivity index (χ1v) is 8.96. The van der Waals surface area contributed by atoms with Gasteiger partial charge in [-0.15, -0.1) is 0 Å². The lowest BCUT2D eigenvalue weighted by molar-refractivity contribution is -0.139. The van der Waals surface area contributed by atoms with E-state index in [2.05, 4.69) is 10.6 Å². The zero-order valence-electron chi connectivity index (χ0n) is 15.6. The maximum atomic E-state index is 12.4. The van der Waals surface area contributed by atoms with E-state index in [9.17, 15) is 19.5 Å². The summed E-state index contributed by atoms with van der Waals surface area (Å²) in [7, 11) is 0. The van der Waals surface area contributed by atoms with Crippen LogP contribution in [0.3, 0.4) is 0 Å². The Hall–Kier alpha value is -2.94. The molecule has 1 aromatic carbocycles. The maximum Gasteiger partial charge on any atom is 0.338 e. The minimum absolute atomic E-state index is 0.0390. The highest BCUT2D eigenvalue weighted by Gasteiger charge is 2.30. The van der Waals surface area contributed by atoms with Gasteiger partial charge in [-0.2, -0.15) is 0 Å². The number of phenols is 1. The summed E-state index contributed by atoms with van der Waals surface area (Å²) in [5.41, 5.74) is 0.323. The van der Waals surface area contributed by atoms with Crippen LogP contribution in [-0.2, 0) is 14.3 Å². The highest BCUT2D eigenvalue weighted by Crippen LogP contribution is 2.35. The average molecular weight is 413 g/mol. The second kappa shape index (κ2) is 9.32. The van der Waals surface area contributed by atoms with E-state index in [-0.39, 0.29) is 53.2 Å². The number of rotatable bonds is 7. The Morgan fingerprint density at radius 2 is 1.89 bits per heavy atom. The molecule has 1 heterocycles. The summed E-state index contributed by atoms with van der Waals surface area (Å²) in [5, 5.41) is 14.8. The Balaban J connectivity index is 2.23. The van der Waals surface area contributed by atoms with Crippen molar-refractivity contribution >= 4 is 29.6 Å². The lowest BCUT2D eigenvalue weighted by Gasteiger charge is -2.26. The summed E-state index contributed by atoms with van der Waals surface area (Å²) in [6.45, 7) is 5.02. The first-order valence-electron chi connectivity index (χ1n) is 8.58. The Kier molecular flexibility index (Phi) is 7.11. The van der Waals surface area contributed by atoms with Crippen LogP contribution in [-0.4, -0.2) is 48.9 Å². The van der Waals surface area contributed by atoms with Crippen LogP contribution in [0.15, 0.2) is 23.4 Å². The maximum absolute atomic E-state index is 12.4. The number of carbonyl (C=O) groups is 3. The molecular weight excluding hydrogens is 392 g/mol. The van der Waals surface area contributed by atoms with Crippen LogP contribution in [0, 0.1) is 0 Å². The van der Waals surface area contributed by atoms with Gasteiger partial charge < -0.3 is 30.0 Å². The van der Waals surface area contributed by atoms with Crippen molar-refractivity contribution in [2.75, 3.05) is 19.8 Å². The number of aromatic hydroxyl groups is 1. The predicted octanol–water partition coefficient (Wildman–Crippen LogP) is 2.12. The molecule has 0 aliphatic carbocycles. The third-order valence-electron chi connectivity index (χ3n) is 3.78. The SMILES string of the molecule is CCOC(=O)C1=C(COC(=O)c2cc(Cl)c(O)c(OCC)c2)NC(=O)N[C@@H]1C. The van der Waals surface area contributed by atoms with Gasteiger partial charge in [0.05, 0.1) is 41.1 Å². The monoisotopic (exact) mass is 412 g/mol. The molecule has 10 heteroatoms. The van der Waals surface area contributed by atoms with Crippen molar-refractivity contribution in [1.29, 1.82) is 0 Å². The predicted molar refractivity (Wildman–Crippen MR) is 99.4 cm³/mol. The molecule has 0 unspecified atom stereocenters. The first kappa shape index (κ1) is 21.4. The zero-order valence-corrected chi connectivity index (χ0v) is 16.4. The number of hydrogen-bond acceptors (Lipinski definition) is 7. The van der Waals surface area contributed by atoms with E-state index in [1.165, 1.54) is 12.1 Å². The Bertz CT molecular complexity index is 822. The standard InChI is InChI=1S/C18H21ClN2O7/c1-4-26-13-7-10(6-11(19)15(13)22)16(23)28-8-12-14(17(24)27-5-2)9(3)20-18(25)21-12/h6-7,9,22H,4-5,8H2,1-3H3,(H2,20,21,25)/t9-/m1/s1. The van der Waals surface area contributed by atoms with Gasteiger partial charge in [-0.3, -0.25) is 0 Å². The zero-order chi connectivity index (χ0) is 20.8. The fraction of sp³-hybridized carbons (Fsp3) is 0.389. The summed E-state index contributed by atoms with van der Waals surface area (Å²) in [6.07, 6.45) is 0. The molecule has 1 aliphatic heterocycles. The molecule has 0 radical (unpaired) electrons. The van der Waals surface area contributed by atoms with Crippen molar-refractivity contribution in [3.63, 3.8) is 0 Å². The third-order valence-corrected chi connectivity index (χ3v) is 4.07. The van der Waals surface area contributed by atoms with Gasteiger partial charge in [0.15, 0.2) is 11.5 Å². The number of carbonyl (C=O) groups excluding carboxylic acids is 3. The third kappa shape index (κ3) is 4.86. The molecule has 0 saturated carbocycles. The van der Waals surface area contributed by atoms with Gasteiger partial charge in [-0.05, 0) is 32.9 Å². The number of urea groups is 1. The lowest BCUT2D eigenvalue weighted by Crippen LogP contribution is -2.50. The molecule has 0 bridgehead atoms. The van der Waals surface area contributed by atoms with Crippen LogP contribution in [0.25, 0.3) is 0 Å². The number of amides is 2. The molecule has 152 valence electrons. The van der Waals surface area contributed by atoms with Crippen molar-refractivity contribution < 1.29 is 33.7 Å². The lowest BCUT2D eigenvalue weighted by atomic mass is 10.0. The van der Waals surface area contributed by atoms with Crippen molar-refractivity contribution in [2.45, 2.75) is 26.8 Å². The molecule has 1 aliphatic rings. The highest BCUT2D eigenvalue weighted by molar-refractivity contribution is 6.32. The molecular formula is C18H21ClN2O7. The summed E-state index contributed by atoms with van der Waals surface area (Å²) >= 11 is 5.91. The van der Waals surface area contributed by atoms with Gasteiger partial charge in [-0.25, -0.2) is 14.4 Å². The number of phenolic OH excluding ortho intramolecular Hbond substituents is 1. The average Bonchev–Trinajstić information content (AvgIpc) is 2.63. The largest absolute Gasteiger partial charge is 0.503 e. The molecule has 1 aromatic rings. The van der Waals surface area contributed by atoms with Crippen molar-refractivity contribution in [3.05, 3.63) is 34.0 Å². The van der Waals surface area contributed by atoms with Gasteiger partial charge in [0, 0.05) is 0 Å². The van der Waals surface area contributed by atoms with Gasteiger partial charge in [0.2, 0.25) is 0 Å². The molecule has 9 nitrogen and oxygen atoms in total. The fourth-order valence-corrected chi connectivity index (χ4v) is 2.78. The van der Waals surface area contributed by atoms with E-state index in [4.69, 9.17) is 25.8 Å². The number of halogens is 1. The van der Waals surface area contributed by atoms with Gasteiger partial charge in [0.1, 0.15) is 6.61 Å². The molecule has 1 atom stereocenters. The summed E-state index contributed by atoms with van der Waals surface area (Å²) in [6, 6.07) is 1.37. The van der Waals surface area contributed by atoms with Crippen LogP contribution in [0.5, 0.6) is 11.5 Å². The number of benzene rings is 1. The van der Waals surface area contributed by atoms with Crippen LogP contribution in [0.2, 0.25) is 5.02 Å². The smallest absolute Gasteiger partial charge is 0.338 e. The van der Waals surface area contributed by atoms with E-state index >= 15 is 0 Å². The van der Waals surface area contributed by atoms with Crippen molar-refractivity contribution in [2.24, 2.45) is 0 Å². The Labute approximate surface area is 166 Å². The number of ether oxygens (including phenoxy) is 3. The second-order valence-electron chi connectivity index (χ2n) is 5.75. The molecule has 2 amide bonds. The Morgan fingerprint density at radius 1 is 1.18 bits per heavy atom. The minimum atomic E-state index is -0.779. The highest BCUT2D eigenvalue weighted by atomic mass is 35.5. The number of nitrogens with one attached hydrogen (secondary N) is 2. The van der Waals surface area contributed by atoms with Crippen LogP contribution >= 0.6 is 11.6 Å². The Morgan fingerprint density at radius 3 is 2.54 bits per heavy atom. The van der Waals surface area contributed by atoms with E-state index in [0.29, 0.717) is 0 Å². The van der Waals surface area contributed by atoms with Crippen LogP contribution in [0.4, 0.5) is 4.79 Å². The molecule has 28 heavy (non-hydrogen) atoms. The van der Waals surface area contributed by atoms with E-state index < -0.39 is 24.0 Å². The number of hydrogen-bond donors (Lipinski definition) is 3. The minimum Gasteiger partial charge on any atom is -0.503 e. The van der Waals surface area contributed by atoms with Gasteiger partial charge >= 0.3 is 18.0 Å². The molecule has 2 rings (SSSR count). The number of esters is 2. The first-order chi connectivity index (χ1) is 13.3. The van der Waals surface area contributed by atoms with Gasteiger partial charge in [-0.1, -0.05) is 11.6 Å². The molecule has 3 N–H and O–H groups in total. The summed E-state index contributed by atoms with van der Waals surface area (Å²) < 4.78 is 15.4. The molecule has 0 spiro atoms. The van der Waals surface area contributed by atoms with E-state index in [1.807, 2.05) is 0 Å². The normalized spacial score (nSPS) is 16.1. The van der Waals surface area contributed by atoms with E-state index in [1.54, 1.807) is 20.8 Å². The van der Waals surface area contributed by atoms with E-state index in [0.717, 1.165) is 0 Å². The van der Waals surface area contributed by atoms with Gasteiger partial charge in [0.25, 0.3) is 0 Å². The van der Waals surface area contributed by atoms with Crippen molar-refractivity contribution in [3.8, 4) is 11.5 Å². The molecule has 0 aromatic heterocycles. The van der Waals surface area contributed by atoms with Crippen LogP contribution in [0.1, 0.15) is 31.1 Å².